The molecule has 0 unspecified atom stereocenters. The van der Waals surface area contributed by atoms with E-state index in [1.807, 2.05) is 13.0 Å². The summed E-state index contributed by atoms with van der Waals surface area (Å²) in [7, 11) is 1.55. The van der Waals surface area contributed by atoms with Crippen molar-refractivity contribution in [3.8, 4) is 17.2 Å². The van der Waals surface area contributed by atoms with Crippen molar-refractivity contribution in [3.63, 3.8) is 0 Å². The van der Waals surface area contributed by atoms with E-state index in [0.29, 0.717) is 34.2 Å². The predicted octanol–water partition coefficient (Wildman–Crippen LogP) is 5.91. The standard InChI is InChI=1S/C22H22N4O4/c1-15-13-21(26-24-16-3-7-18(28)8-4-16)22(29-2)14-20(15)25-23-17-5-9-19(10-6-17)30-12-11-27/h3-10,13-14,27-28H,11-12H2,1-2H3. The fourth-order valence-corrected chi connectivity index (χ4v) is 2.53. The number of phenolic OH excluding ortho intramolecular Hbond substituents is 1. The number of hydrogen-bond donors (Lipinski definition) is 2. The molecule has 0 atom stereocenters. The number of nitrogens with zero attached hydrogens (tertiary/aromatic N) is 4. The molecule has 8 nitrogen and oxygen atoms in total. The van der Waals surface area contributed by atoms with E-state index in [2.05, 4.69) is 20.5 Å². The Kier molecular flexibility index (Phi) is 7.07. The molecule has 0 amide bonds. The van der Waals surface area contributed by atoms with Gasteiger partial charge in [-0.15, -0.1) is 5.11 Å². The van der Waals surface area contributed by atoms with Gasteiger partial charge in [-0.3, -0.25) is 0 Å². The van der Waals surface area contributed by atoms with Crippen molar-refractivity contribution in [2.24, 2.45) is 20.5 Å². The molecular weight excluding hydrogens is 384 g/mol. The van der Waals surface area contributed by atoms with Gasteiger partial charge in [0.2, 0.25) is 0 Å². The molecule has 0 aliphatic heterocycles. The number of aromatic hydroxyl groups is 1. The number of benzene rings is 3. The van der Waals surface area contributed by atoms with Crippen LogP contribution in [0.15, 0.2) is 81.1 Å². The smallest absolute Gasteiger partial charge is 0.148 e. The first-order valence-electron chi connectivity index (χ1n) is 9.24. The summed E-state index contributed by atoms with van der Waals surface area (Å²) in [6, 6.07) is 17.1. The Labute approximate surface area is 174 Å². The Morgan fingerprint density at radius 3 is 2.00 bits per heavy atom. The molecule has 3 rings (SSSR count). The maximum Gasteiger partial charge on any atom is 0.148 e. The van der Waals surface area contributed by atoms with Crippen molar-refractivity contribution in [2.45, 2.75) is 6.92 Å². The van der Waals surface area contributed by atoms with E-state index in [1.165, 1.54) is 0 Å². The van der Waals surface area contributed by atoms with Gasteiger partial charge in [0, 0.05) is 6.07 Å². The molecule has 0 radical (unpaired) electrons. The number of aryl methyl sites for hydroxylation is 1. The Morgan fingerprint density at radius 1 is 0.800 bits per heavy atom. The van der Waals surface area contributed by atoms with Crippen LogP contribution in [0.4, 0.5) is 22.7 Å². The monoisotopic (exact) mass is 406 g/mol. The van der Waals surface area contributed by atoms with E-state index in [1.54, 1.807) is 61.7 Å². The van der Waals surface area contributed by atoms with Crippen LogP contribution in [-0.4, -0.2) is 30.5 Å². The van der Waals surface area contributed by atoms with Crippen LogP contribution in [-0.2, 0) is 0 Å². The molecule has 0 heterocycles. The summed E-state index contributed by atoms with van der Waals surface area (Å²) in [4.78, 5) is 0. The molecule has 30 heavy (non-hydrogen) atoms. The summed E-state index contributed by atoms with van der Waals surface area (Å²) in [5.41, 5.74) is 3.36. The van der Waals surface area contributed by atoms with Gasteiger partial charge in [-0.05, 0) is 67.1 Å². The minimum absolute atomic E-state index is 0.0347. The molecule has 0 bridgehead atoms. The van der Waals surface area contributed by atoms with Crippen LogP contribution < -0.4 is 9.47 Å². The minimum Gasteiger partial charge on any atom is -0.508 e. The second kappa shape index (κ2) is 10.1. The molecule has 0 aromatic heterocycles. The van der Waals surface area contributed by atoms with Gasteiger partial charge in [0.15, 0.2) is 0 Å². The van der Waals surface area contributed by atoms with Crippen LogP contribution in [0.5, 0.6) is 17.2 Å². The van der Waals surface area contributed by atoms with E-state index in [-0.39, 0.29) is 19.0 Å². The minimum atomic E-state index is -0.0347. The fourth-order valence-electron chi connectivity index (χ4n) is 2.53. The third-order valence-electron chi connectivity index (χ3n) is 4.09. The highest BCUT2D eigenvalue weighted by molar-refractivity contribution is 5.63. The van der Waals surface area contributed by atoms with E-state index < -0.39 is 0 Å². The molecule has 3 aromatic carbocycles. The first-order chi connectivity index (χ1) is 14.6. The first kappa shape index (κ1) is 20.9. The van der Waals surface area contributed by atoms with Gasteiger partial charge in [-0.25, -0.2) is 0 Å². The zero-order valence-corrected chi connectivity index (χ0v) is 16.7. The summed E-state index contributed by atoms with van der Waals surface area (Å²) in [6.45, 7) is 2.11. The van der Waals surface area contributed by atoms with Crippen molar-refractivity contribution >= 4 is 22.7 Å². The lowest BCUT2D eigenvalue weighted by Crippen LogP contribution is -2.00. The molecule has 0 saturated carbocycles. The van der Waals surface area contributed by atoms with Gasteiger partial charge < -0.3 is 19.7 Å². The lowest BCUT2D eigenvalue weighted by atomic mass is 10.1. The zero-order valence-electron chi connectivity index (χ0n) is 16.7. The zero-order chi connectivity index (χ0) is 21.3. The van der Waals surface area contributed by atoms with E-state index >= 15 is 0 Å². The Hall–Kier alpha value is -3.78. The topological polar surface area (TPSA) is 108 Å². The van der Waals surface area contributed by atoms with Crippen molar-refractivity contribution in [1.29, 1.82) is 0 Å². The highest BCUT2D eigenvalue weighted by Crippen LogP contribution is 2.36. The summed E-state index contributed by atoms with van der Waals surface area (Å²) in [5, 5.41) is 35.1. The van der Waals surface area contributed by atoms with Crippen molar-refractivity contribution in [3.05, 3.63) is 66.2 Å². The predicted molar refractivity (Wildman–Crippen MR) is 113 cm³/mol. The molecular formula is C22H22N4O4. The van der Waals surface area contributed by atoms with E-state index in [0.717, 1.165) is 5.56 Å². The molecule has 0 spiro atoms. The number of phenols is 1. The largest absolute Gasteiger partial charge is 0.508 e. The van der Waals surface area contributed by atoms with Gasteiger partial charge in [-0.1, -0.05) is 0 Å². The van der Waals surface area contributed by atoms with Crippen LogP contribution in [0.2, 0.25) is 0 Å². The van der Waals surface area contributed by atoms with Crippen LogP contribution in [0, 0.1) is 6.92 Å². The van der Waals surface area contributed by atoms with Gasteiger partial charge in [0.05, 0.1) is 30.8 Å². The number of rotatable bonds is 8. The van der Waals surface area contributed by atoms with Crippen molar-refractivity contribution in [2.75, 3.05) is 20.3 Å². The molecule has 0 aliphatic rings. The third kappa shape index (κ3) is 5.62. The van der Waals surface area contributed by atoms with Crippen molar-refractivity contribution in [1.82, 2.24) is 0 Å². The van der Waals surface area contributed by atoms with Crippen LogP contribution in [0.3, 0.4) is 0 Å². The molecule has 2 N–H and O–H groups in total. The maximum atomic E-state index is 9.34. The van der Waals surface area contributed by atoms with Crippen LogP contribution >= 0.6 is 0 Å². The van der Waals surface area contributed by atoms with Gasteiger partial charge in [-0.2, -0.15) is 15.3 Å². The number of aliphatic hydroxyl groups is 1. The number of aliphatic hydroxyl groups excluding tert-OH is 1. The second-order valence-electron chi connectivity index (χ2n) is 6.29. The quantitative estimate of drug-likeness (QED) is 0.453. The Bertz CT molecular complexity index is 1030. The molecule has 0 fully saturated rings. The SMILES string of the molecule is COc1cc(N=Nc2ccc(OCCO)cc2)c(C)cc1N=Nc1ccc(O)cc1. The summed E-state index contributed by atoms with van der Waals surface area (Å²) >= 11 is 0. The van der Waals surface area contributed by atoms with Gasteiger partial charge in [0.1, 0.15) is 29.5 Å². The lowest BCUT2D eigenvalue weighted by molar-refractivity contribution is 0.201. The number of hydrogen-bond acceptors (Lipinski definition) is 8. The molecule has 3 aromatic rings. The summed E-state index contributed by atoms with van der Waals surface area (Å²) in [6.07, 6.45) is 0. The molecule has 0 aliphatic carbocycles. The second-order valence-corrected chi connectivity index (χ2v) is 6.29. The summed E-state index contributed by atoms with van der Waals surface area (Å²) in [5.74, 6) is 1.35. The Morgan fingerprint density at radius 2 is 1.40 bits per heavy atom. The average Bonchev–Trinajstić information content (AvgIpc) is 2.77. The molecule has 8 heteroatoms. The van der Waals surface area contributed by atoms with E-state index in [4.69, 9.17) is 14.6 Å². The number of methoxy groups -OCH3 is 1. The fraction of sp³-hybridized carbons (Fsp3) is 0.182. The van der Waals surface area contributed by atoms with Crippen LogP contribution in [0.25, 0.3) is 0 Å². The Balaban J connectivity index is 1.77. The van der Waals surface area contributed by atoms with Gasteiger partial charge >= 0.3 is 0 Å². The summed E-state index contributed by atoms with van der Waals surface area (Å²) < 4.78 is 10.7. The maximum absolute atomic E-state index is 9.34. The highest BCUT2D eigenvalue weighted by Gasteiger charge is 2.08. The first-order valence-corrected chi connectivity index (χ1v) is 9.24. The van der Waals surface area contributed by atoms with Crippen molar-refractivity contribution < 1.29 is 19.7 Å². The lowest BCUT2D eigenvalue weighted by Gasteiger charge is -2.07. The number of ether oxygens (including phenoxy) is 2. The van der Waals surface area contributed by atoms with Gasteiger partial charge in [0.25, 0.3) is 0 Å². The normalized spacial score (nSPS) is 11.3. The molecule has 154 valence electrons. The third-order valence-corrected chi connectivity index (χ3v) is 4.09. The average molecular weight is 406 g/mol. The van der Waals surface area contributed by atoms with E-state index in [9.17, 15) is 5.11 Å². The van der Waals surface area contributed by atoms with Crippen LogP contribution in [0.1, 0.15) is 5.56 Å². The number of azo groups is 2. The molecule has 0 saturated heterocycles. The highest BCUT2D eigenvalue weighted by atomic mass is 16.5.